The molecule has 0 spiro atoms. The second kappa shape index (κ2) is 8.42. The fourth-order valence-corrected chi connectivity index (χ4v) is 2.40. The molecule has 0 amide bonds. The maximum Gasteiger partial charge on any atom is 0.405 e. The molecule has 0 aliphatic heterocycles. The van der Waals surface area contributed by atoms with E-state index >= 15 is 0 Å². The molecule has 0 atom stereocenters. The predicted molar refractivity (Wildman–Crippen MR) is 58.4 cm³/mol. The molecule has 0 aliphatic rings. The molecule has 0 aliphatic carbocycles. The van der Waals surface area contributed by atoms with Crippen molar-refractivity contribution >= 4 is 7.75 Å². The highest BCUT2D eigenvalue weighted by Crippen LogP contribution is 2.43. The van der Waals surface area contributed by atoms with Crippen LogP contribution in [0.5, 0.6) is 0 Å². The molecule has 0 radical (unpaired) electrons. The maximum absolute atomic E-state index is 11.9. The van der Waals surface area contributed by atoms with Crippen molar-refractivity contribution in [2.45, 2.75) is 40.0 Å². The highest BCUT2D eigenvalue weighted by atomic mass is 31.2. The van der Waals surface area contributed by atoms with E-state index in [0.717, 1.165) is 19.3 Å². The predicted octanol–water partition coefficient (Wildman–Crippen LogP) is 2.95. The van der Waals surface area contributed by atoms with Gasteiger partial charge in [-0.15, -0.1) is 0 Å². The molecular formula is C9H22NO3P. The van der Waals surface area contributed by atoms with Crippen LogP contribution in [0, 0.1) is 0 Å². The lowest BCUT2D eigenvalue weighted by molar-refractivity contribution is 0.196. The normalized spacial score (nSPS) is 11.9. The lowest BCUT2D eigenvalue weighted by Crippen LogP contribution is -2.16. The first kappa shape index (κ1) is 14.1. The molecule has 0 saturated heterocycles. The largest absolute Gasteiger partial charge is 0.405 e. The van der Waals surface area contributed by atoms with E-state index in [1.54, 1.807) is 0 Å². The van der Waals surface area contributed by atoms with Crippen LogP contribution in [0.2, 0.25) is 0 Å². The zero-order valence-corrected chi connectivity index (χ0v) is 10.3. The van der Waals surface area contributed by atoms with E-state index in [9.17, 15) is 4.57 Å². The fourth-order valence-electron chi connectivity index (χ4n) is 0.800. The minimum atomic E-state index is -3.02. The van der Waals surface area contributed by atoms with Gasteiger partial charge in [0.05, 0.1) is 13.2 Å². The number of rotatable bonds is 9. The summed E-state index contributed by atoms with van der Waals surface area (Å²) in [5.74, 6) is 0. The van der Waals surface area contributed by atoms with Gasteiger partial charge in [-0.1, -0.05) is 20.8 Å². The Morgan fingerprint density at radius 3 is 1.86 bits per heavy atom. The van der Waals surface area contributed by atoms with E-state index in [1.807, 2.05) is 20.8 Å². The first-order chi connectivity index (χ1) is 6.68. The third-order valence-corrected chi connectivity index (χ3v) is 3.14. The minimum absolute atomic E-state index is 0.470. The van der Waals surface area contributed by atoms with Gasteiger partial charge >= 0.3 is 7.75 Å². The van der Waals surface area contributed by atoms with Crippen molar-refractivity contribution in [2.75, 3.05) is 19.8 Å². The molecule has 0 fully saturated rings. The van der Waals surface area contributed by atoms with Gasteiger partial charge in [0, 0.05) is 6.54 Å². The van der Waals surface area contributed by atoms with Crippen molar-refractivity contribution in [1.82, 2.24) is 5.09 Å². The number of hydrogen-bond donors (Lipinski definition) is 1. The van der Waals surface area contributed by atoms with Gasteiger partial charge in [0.2, 0.25) is 0 Å². The Bertz CT molecular complexity index is 147. The minimum Gasteiger partial charge on any atom is -0.297 e. The zero-order chi connectivity index (χ0) is 10.9. The third-order valence-electron chi connectivity index (χ3n) is 1.49. The van der Waals surface area contributed by atoms with Gasteiger partial charge in [0.15, 0.2) is 0 Å². The van der Waals surface area contributed by atoms with E-state index < -0.39 is 7.75 Å². The van der Waals surface area contributed by atoms with Gasteiger partial charge in [0.25, 0.3) is 0 Å². The van der Waals surface area contributed by atoms with Gasteiger partial charge in [-0.05, 0) is 19.3 Å². The van der Waals surface area contributed by atoms with Crippen molar-refractivity contribution in [1.29, 1.82) is 0 Å². The summed E-state index contributed by atoms with van der Waals surface area (Å²) in [5, 5.41) is 2.83. The topological polar surface area (TPSA) is 47.6 Å². The molecule has 0 heterocycles. The molecule has 0 aromatic heterocycles. The Balaban J connectivity index is 3.97. The summed E-state index contributed by atoms with van der Waals surface area (Å²) in [7, 11) is -3.02. The van der Waals surface area contributed by atoms with Crippen LogP contribution in [-0.4, -0.2) is 19.8 Å². The van der Waals surface area contributed by atoms with Crippen LogP contribution < -0.4 is 5.09 Å². The first-order valence-corrected chi connectivity index (χ1v) is 6.87. The van der Waals surface area contributed by atoms with Crippen LogP contribution in [0.15, 0.2) is 0 Å². The molecule has 86 valence electrons. The summed E-state index contributed by atoms with van der Waals surface area (Å²) in [6.45, 7) is 7.56. The highest BCUT2D eigenvalue weighted by Gasteiger charge is 2.22. The summed E-state index contributed by atoms with van der Waals surface area (Å²) in [5.41, 5.74) is 0. The lowest BCUT2D eigenvalue weighted by Gasteiger charge is -2.18. The van der Waals surface area contributed by atoms with E-state index in [1.165, 1.54) is 0 Å². The van der Waals surface area contributed by atoms with E-state index in [-0.39, 0.29) is 0 Å². The molecule has 0 bridgehead atoms. The maximum atomic E-state index is 11.9. The summed E-state index contributed by atoms with van der Waals surface area (Å²) in [4.78, 5) is 0. The molecule has 0 unspecified atom stereocenters. The molecule has 4 nitrogen and oxygen atoms in total. The Morgan fingerprint density at radius 1 is 1.00 bits per heavy atom. The molecule has 5 heteroatoms. The summed E-state index contributed by atoms with van der Waals surface area (Å²) < 4.78 is 22.3. The van der Waals surface area contributed by atoms with E-state index in [4.69, 9.17) is 9.05 Å². The molecule has 0 aromatic carbocycles. The van der Waals surface area contributed by atoms with Crippen molar-refractivity contribution in [3.05, 3.63) is 0 Å². The van der Waals surface area contributed by atoms with Gasteiger partial charge < -0.3 is 0 Å². The molecule has 0 aromatic rings. The number of hydrogen-bond acceptors (Lipinski definition) is 3. The first-order valence-electron chi connectivity index (χ1n) is 5.32. The fraction of sp³-hybridized carbons (Fsp3) is 1.00. The summed E-state index contributed by atoms with van der Waals surface area (Å²) in [6.07, 6.45) is 2.59. The van der Waals surface area contributed by atoms with Crippen LogP contribution in [0.3, 0.4) is 0 Å². The lowest BCUT2D eigenvalue weighted by atomic mass is 10.5. The molecule has 0 rings (SSSR count). The smallest absolute Gasteiger partial charge is 0.297 e. The highest BCUT2D eigenvalue weighted by molar-refractivity contribution is 7.51. The summed E-state index contributed by atoms with van der Waals surface area (Å²) in [6, 6.07) is 0. The zero-order valence-electron chi connectivity index (χ0n) is 9.41. The average molecular weight is 223 g/mol. The van der Waals surface area contributed by atoms with Gasteiger partial charge in [-0.3, -0.25) is 9.05 Å². The number of nitrogens with one attached hydrogen (secondary N) is 1. The third kappa shape index (κ3) is 6.55. The monoisotopic (exact) mass is 223 g/mol. The van der Waals surface area contributed by atoms with Crippen LogP contribution in [0.4, 0.5) is 0 Å². The van der Waals surface area contributed by atoms with Crippen molar-refractivity contribution in [3.63, 3.8) is 0 Å². The second-order valence-electron chi connectivity index (χ2n) is 3.07. The molecule has 14 heavy (non-hydrogen) atoms. The van der Waals surface area contributed by atoms with Crippen LogP contribution in [0.25, 0.3) is 0 Å². The second-order valence-corrected chi connectivity index (χ2v) is 4.90. The van der Waals surface area contributed by atoms with Crippen molar-refractivity contribution in [2.24, 2.45) is 0 Å². The van der Waals surface area contributed by atoms with Crippen LogP contribution >= 0.6 is 7.75 Å². The Labute approximate surface area is 87.0 Å². The Hall–Kier alpha value is 0.110. The summed E-state index contributed by atoms with van der Waals surface area (Å²) >= 11 is 0. The van der Waals surface area contributed by atoms with E-state index in [0.29, 0.717) is 19.8 Å². The van der Waals surface area contributed by atoms with Crippen LogP contribution in [0.1, 0.15) is 40.0 Å². The van der Waals surface area contributed by atoms with Crippen molar-refractivity contribution < 1.29 is 13.6 Å². The quantitative estimate of drug-likeness (QED) is 0.610. The SMILES string of the molecule is CCCNP(=O)(OCCC)OCCC. The molecule has 0 saturated carbocycles. The average Bonchev–Trinajstić information content (AvgIpc) is 2.21. The molecular weight excluding hydrogens is 201 g/mol. The van der Waals surface area contributed by atoms with Gasteiger partial charge in [-0.25, -0.2) is 9.65 Å². The van der Waals surface area contributed by atoms with Crippen LogP contribution in [-0.2, 0) is 13.6 Å². The van der Waals surface area contributed by atoms with E-state index in [2.05, 4.69) is 5.09 Å². The van der Waals surface area contributed by atoms with Gasteiger partial charge in [-0.2, -0.15) is 0 Å². The Kier molecular flexibility index (Phi) is 8.49. The standard InChI is InChI=1S/C9H22NO3P/c1-4-7-10-14(11,12-8-5-2)13-9-6-3/h4-9H2,1-3H3,(H,10,11). The van der Waals surface area contributed by atoms with Crippen molar-refractivity contribution in [3.8, 4) is 0 Å². The Morgan fingerprint density at radius 2 is 1.50 bits per heavy atom. The molecule has 1 N–H and O–H groups in total. The van der Waals surface area contributed by atoms with Gasteiger partial charge in [0.1, 0.15) is 0 Å².